The van der Waals surface area contributed by atoms with Crippen molar-refractivity contribution in [1.82, 2.24) is 10.3 Å². The summed E-state index contributed by atoms with van der Waals surface area (Å²) in [6.07, 6.45) is 7.87. The van der Waals surface area contributed by atoms with Gasteiger partial charge in [-0.3, -0.25) is 14.6 Å². The van der Waals surface area contributed by atoms with Gasteiger partial charge in [0, 0.05) is 38.7 Å². The van der Waals surface area contributed by atoms with Crippen LogP contribution in [0.1, 0.15) is 55.0 Å². The first kappa shape index (κ1) is 32.8. The summed E-state index contributed by atoms with van der Waals surface area (Å²) >= 11 is 7.18. The van der Waals surface area contributed by atoms with Gasteiger partial charge in [0.1, 0.15) is 22.8 Å². The van der Waals surface area contributed by atoms with E-state index < -0.39 is 28.9 Å². The highest BCUT2D eigenvalue weighted by Crippen LogP contribution is 2.39. The Morgan fingerprint density at radius 2 is 1.89 bits per heavy atom. The van der Waals surface area contributed by atoms with Crippen LogP contribution in [0.2, 0.25) is 0 Å². The monoisotopic (exact) mass is 620 g/mol. The SMILES string of the molecule is COCc1cc(C(=O)NC2(/C=C(\F)c3ccc(C=O)c(OC)c3)C=CC=C(c3ccccc3C)C2Cl)ncc1C(OC)OC. The molecule has 1 N–H and O–H groups in total. The number of pyridine rings is 1. The van der Waals surface area contributed by atoms with Crippen LogP contribution in [0, 0.1) is 6.92 Å². The number of amides is 1. The molecule has 4 rings (SSSR count). The van der Waals surface area contributed by atoms with Gasteiger partial charge >= 0.3 is 0 Å². The maximum absolute atomic E-state index is 16.1. The van der Waals surface area contributed by atoms with Crippen LogP contribution in [0.3, 0.4) is 0 Å². The topological polar surface area (TPSA) is 96.0 Å². The van der Waals surface area contributed by atoms with Crippen LogP contribution in [0.25, 0.3) is 11.4 Å². The van der Waals surface area contributed by atoms with E-state index in [9.17, 15) is 9.59 Å². The predicted octanol–water partition coefficient (Wildman–Crippen LogP) is 6.39. The van der Waals surface area contributed by atoms with Crippen LogP contribution in [-0.2, 0) is 20.8 Å². The van der Waals surface area contributed by atoms with Crippen molar-refractivity contribution in [2.75, 3.05) is 28.4 Å². The highest BCUT2D eigenvalue weighted by atomic mass is 35.5. The summed E-state index contributed by atoms with van der Waals surface area (Å²) in [5.74, 6) is -1.07. The molecule has 1 aliphatic rings. The van der Waals surface area contributed by atoms with E-state index in [1.54, 1.807) is 18.2 Å². The molecule has 1 aromatic heterocycles. The number of ether oxygens (including phenoxy) is 4. The number of rotatable bonds is 12. The molecule has 0 radical (unpaired) electrons. The minimum Gasteiger partial charge on any atom is -0.496 e. The van der Waals surface area contributed by atoms with Gasteiger partial charge in [0.25, 0.3) is 5.91 Å². The summed E-state index contributed by atoms with van der Waals surface area (Å²) in [7, 11) is 5.91. The predicted molar refractivity (Wildman–Crippen MR) is 167 cm³/mol. The number of nitrogens with zero attached hydrogens (tertiary/aromatic N) is 1. The summed E-state index contributed by atoms with van der Waals surface area (Å²) in [6.45, 7) is 2.11. The van der Waals surface area contributed by atoms with Gasteiger partial charge in [0.2, 0.25) is 0 Å². The second-order valence-electron chi connectivity index (χ2n) is 10.1. The maximum atomic E-state index is 16.1. The lowest BCUT2D eigenvalue weighted by Gasteiger charge is -2.37. The lowest BCUT2D eigenvalue weighted by molar-refractivity contribution is -0.107. The Labute approximate surface area is 261 Å². The Kier molecular flexibility index (Phi) is 10.8. The molecule has 0 spiro atoms. The lowest BCUT2D eigenvalue weighted by atomic mass is 9.81. The lowest BCUT2D eigenvalue weighted by Crippen LogP contribution is -2.53. The number of nitrogens with one attached hydrogen (secondary N) is 1. The summed E-state index contributed by atoms with van der Waals surface area (Å²) in [5, 5.41) is 2.02. The van der Waals surface area contributed by atoms with Crippen LogP contribution in [0.15, 0.2) is 79.0 Å². The number of halogens is 2. The van der Waals surface area contributed by atoms with Gasteiger partial charge in [-0.15, -0.1) is 11.6 Å². The third-order valence-electron chi connectivity index (χ3n) is 7.37. The van der Waals surface area contributed by atoms with Gasteiger partial charge < -0.3 is 24.3 Å². The average molecular weight is 621 g/mol. The van der Waals surface area contributed by atoms with Crippen molar-refractivity contribution in [2.45, 2.75) is 30.7 Å². The molecule has 2 atom stereocenters. The standard InChI is InChI=1S/C34H34ClFN2O6/c1-21-9-6-7-10-25(21)26-11-8-14-34(31(26)35,17-28(36)22-12-13-23(19-39)30(16-22)42-3)38-32(40)29-15-24(20-41-2)27(18-37-29)33(43-4)44-5/h6-19,31,33H,20H2,1-5H3,(H,38,40)/b28-17-. The minimum absolute atomic E-state index is 0.0567. The largest absolute Gasteiger partial charge is 0.496 e. The molecule has 10 heteroatoms. The second-order valence-corrected chi connectivity index (χ2v) is 10.6. The van der Waals surface area contributed by atoms with Gasteiger partial charge in [0.15, 0.2) is 12.6 Å². The van der Waals surface area contributed by atoms with Crippen molar-refractivity contribution in [3.63, 3.8) is 0 Å². The number of carbonyl (C=O) groups is 2. The van der Waals surface area contributed by atoms with Gasteiger partial charge in [-0.25, -0.2) is 4.39 Å². The highest BCUT2D eigenvalue weighted by Gasteiger charge is 2.41. The molecule has 8 nitrogen and oxygen atoms in total. The van der Waals surface area contributed by atoms with Crippen molar-refractivity contribution in [3.05, 3.63) is 118 Å². The first-order valence-electron chi connectivity index (χ1n) is 13.7. The Morgan fingerprint density at radius 1 is 1.14 bits per heavy atom. The number of hydrogen-bond acceptors (Lipinski definition) is 7. The molecule has 0 saturated heterocycles. The number of aldehydes is 1. The van der Waals surface area contributed by atoms with Crippen LogP contribution in [0.5, 0.6) is 5.75 Å². The fourth-order valence-electron chi connectivity index (χ4n) is 5.11. The average Bonchev–Trinajstić information content (AvgIpc) is 3.03. The summed E-state index contributed by atoms with van der Waals surface area (Å²) in [5.41, 5.74) is 2.67. The number of aryl methyl sites for hydroxylation is 1. The maximum Gasteiger partial charge on any atom is 0.270 e. The number of benzene rings is 2. The molecule has 0 aliphatic heterocycles. The van der Waals surface area contributed by atoms with E-state index in [2.05, 4.69) is 10.3 Å². The first-order valence-corrected chi connectivity index (χ1v) is 14.1. The minimum atomic E-state index is -1.53. The molecule has 2 aromatic carbocycles. The van der Waals surface area contributed by atoms with Gasteiger partial charge in [-0.1, -0.05) is 48.6 Å². The van der Waals surface area contributed by atoms with E-state index in [4.69, 9.17) is 30.5 Å². The van der Waals surface area contributed by atoms with Crippen LogP contribution < -0.4 is 10.1 Å². The van der Waals surface area contributed by atoms with E-state index in [1.807, 2.05) is 37.3 Å². The van der Waals surface area contributed by atoms with Crippen molar-refractivity contribution >= 4 is 35.2 Å². The van der Waals surface area contributed by atoms with E-state index in [0.29, 0.717) is 23.0 Å². The number of carbonyl (C=O) groups excluding carboxylic acids is 2. The van der Waals surface area contributed by atoms with E-state index >= 15 is 4.39 Å². The van der Waals surface area contributed by atoms with Crippen LogP contribution >= 0.6 is 11.6 Å². The molecule has 2 unspecified atom stereocenters. The summed E-state index contributed by atoms with van der Waals surface area (Å²) in [6, 6.07) is 13.6. The number of alkyl halides is 1. The molecular weight excluding hydrogens is 587 g/mol. The van der Waals surface area contributed by atoms with E-state index in [0.717, 1.165) is 11.1 Å². The first-order chi connectivity index (χ1) is 21.2. The molecule has 230 valence electrons. The fourth-order valence-corrected chi connectivity index (χ4v) is 5.49. The molecule has 0 fully saturated rings. The third-order valence-corrected chi connectivity index (χ3v) is 7.96. The number of aromatic nitrogens is 1. The summed E-state index contributed by atoms with van der Waals surface area (Å²) < 4.78 is 37.5. The zero-order chi connectivity index (χ0) is 31.9. The fraction of sp³-hybridized carbons (Fsp3) is 0.265. The van der Waals surface area contributed by atoms with Crippen LogP contribution in [-0.4, -0.2) is 56.5 Å². The number of methoxy groups -OCH3 is 4. The van der Waals surface area contributed by atoms with Crippen molar-refractivity contribution in [2.24, 2.45) is 0 Å². The molecule has 1 amide bonds. The smallest absolute Gasteiger partial charge is 0.270 e. The molecular formula is C34H34ClFN2O6. The van der Waals surface area contributed by atoms with Crippen molar-refractivity contribution in [3.8, 4) is 5.75 Å². The van der Waals surface area contributed by atoms with Gasteiger partial charge in [-0.05, 0) is 53.5 Å². The van der Waals surface area contributed by atoms with Crippen molar-refractivity contribution < 1.29 is 32.9 Å². The zero-order valence-electron chi connectivity index (χ0n) is 25.1. The van der Waals surface area contributed by atoms with Crippen molar-refractivity contribution in [1.29, 1.82) is 0 Å². The number of allylic oxidation sites excluding steroid dienone is 2. The molecule has 1 heterocycles. The van der Waals surface area contributed by atoms with Gasteiger partial charge in [0.05, 0.1) is 24.7 Å². The Morgan fingerprint density at radius 3 is 2.55 bits per heavy atom. The normalized spacial score (nSPS) is 18.2. The third kappa shape index (κ3) is 6.81. The highest BCUT2D eigenvalue weighted by molar-refractivity contribution is 6.28. The summed E-state index contributed by atoms with van der Waals surface area (Å²) in [4.78, 5) is 29.6. The Balaban J connectivity index is 1.81. The zero-order valence-corrected chi connectivity index (χ0v) is 25.9. The van der Waals surface area contributed by atoms with E-state index in [1.165, 1.54) is 58.9 Å². The molecule has 3 aromatic rings. The molecule has 44 heavy (non-hydrogen) atoms. The second kappa shape index (κ2) is 14.5. The molecule has 1 aliphatic carbocycles. The number of hydrogen-bond donors (Lipinski definition) is 1. The van der Waals surface area contributed by atoms with Gasteiger partial charge in [-0.2, -0.15) is 0 Å². The Bertz CT molecular complexity index is 1620. The molecule has 0 saturated carbocycles. The Hall–Kier alpha value is -4.15. The van der Waals surface area contributed by atoms with Crippen LogP contribution in [0.4, 0.5) is 4.39 Å². The van der Waals surface area contributed by atoms with E-state index in [-0.39, 0.29) is 29.2 Å². The quantitative estimate of drug-likeness (QED) is 0.142. The molecule has 0 bridgehead atoms.